The number of primary sulfonamides is 1. The van der Waals surface area contributed by atoms with Gasteiger partial charge in [0.15, 0.2) is 5.78 Å². The third-order valence-electron chi connectivity index (χ3n) is 4.64. The molecule has 5 nitrogen and oxygen atoms in total. The normalized spacial score (nSPS) is 11.6. The highest BCUT2D eigenvalue weighted by Gasteiger charge is 2.19. The van der Waals surface area contributed by atoms with E-state index in [1.54, 1.807) is 12.1 Å². The van der Waals surface area contributed by atoms with Crippen molar-refractivity contribution in [3.05, 3.63) is 71.4 Å². The van der Waals surface area contributed by atoms with Crippen LogP contribution in [-0.4, -0.2) is 18.8 Å². The molecule has 27 heavy (non-hydrogen) atoms. The Morgan fingerprint density at radius 2 is 1.59 bits per heavy atom. The minimum absolute atomic E-state index is 0.0535. The molecule has 0 spiro atoms. The third-order valence-corrected chi connectivity index (χ3v) is 5.57. The molecule has 0 amide bonds. The predicted octanol–water partition coefficient (Wildman–Crippen LogP) is 4.00. The summed E-state index contributed by atoms with van der Waals surface area (Å²) in [6.45, 7) is 5.76. The molecule has 0 saturated carbocycles. The van der Waals surface area contributed by atoms with E-state index in [2.05, 4.69) is 0 Å². The topological polar surface area (TPSA) is 82.2 Å². The van der Waals surface area contributed by atoms with Gasteiger partial charge in [0.05, 0.1) is 10.6 Å². The molecule has 1 heterocycles. The third kappa shape index (κ3) is 3.72. The summed E-state index contributed by atoms with van der Waals surface area (Å²) in [5.41, 5.74) is 5.27. The molecule has 6 heteroatoms. The first kappa shape index (κ1) is 19.1. The zero-order valence-electron chi connectivity index (χ0n) is 15.6. The van der Waals surface area contributed by atoms with Crippen LogP contribution in [0, 0.1) is 13.8 Å². The first-order valence-corrected chi connectivity index (χ1v) is 10.2. The van der Waals surface area contributed by atoms with Crippen molar-refractivity contribution in [1.82, 2.24) is 4.57 Å². The van der Waals surface area contributed by atoms with Gasteiger partial charge in [0.2, 0.25) is 10.0 Å². The lowest BCUT2D eigenvalue weighted by Gasteiger charge is -2.13. The number of Topliss-reactive ketones (excluding diaryl/α,β-unsaturated/α-hetero) is 1. The lowest BCUT2D eigenvalue weighted by molar-refractivity contribution is 0.0987. The van der Waals surface area contributed by atoms with Crippen molar-refractivity contribution in [2.75, 3.05) is 0 Å². The van der Waals surface area contributed by atoms with Gasteiger partial charge >= 0.3 is 0 Å². The van der Waals surface area contributed by atoms with E-state index in [4.69, 9.17) is 5.14 Å². The Kier molecular flexibility index (Phi) is 5.04. The van der Waals surface area contributed by atoms with Gasteiger partial charge in [-0.2, -0.15) is 0 Å². The van der Waals surface area contributed by atoms with Gasteiger partial charge in [-0.15, -0.1) is 0 Å². The number of nitrogens with two attached hydrogens (primary N) is 1. The van der Waals surface area contributed by atoms with Gasteiger partial charge < -0.3 is 4.57 Å². The van der Waals surface area contributed by atoms with Crippen LogP contribution in [0.15, 0.2) is 59.5 Å². The van der Waals surface area contributed by atoms with Gasteiger partial charge in [0.25, 0.3) is 0 Å². The number of aryl methyl sites for hydroxylation is 1. The van der Waals surface area contributed by atoms with E-state index in [9.17, 15) is 13.2 Å². The molecule has 0 fully saturated rings. The van der Waals surface area contributed by atoms with Crippen molar-refractivity contribution in [2.24, 2.45) is 5.14 Å². The Labute approximate surface area is 159 Å². The molecule has 0 atom stereocenters. The molecule has 0 radical (unpaired) electrons. The number of benzene rings is 2. The van der Waals surface area contributed by atoms with E-state index in [-0.39, 0.29) is 10.7 Å². The van der Waals surface area contributed by atoms with Gasteiger partial charge in [0, 0.05) is 23.4 Å². The lowest BCUT2D eigenvalue weighted by Crippen LogP contribution is -2.12. The van der Waals surface area contributed by atoms with E-state index in [1.807, 2.05) is 55.7 Å². The minimum Gasteiger partial charge on any atom is -0.313 e. The molecular formula is C21H22N2O3S. The number of sulfonamides is 1. The summed E-state index contributed by atoms with van der Waals surface area (Å²) in [7, 11) is -3.75. The second-order valence-electron chi connectivity index (χ2n) is 6.55. The zero-order valence-corrected chi connectivity index (χ0v) is 16.4. The Bertz CT molecular complexity index is 1090. The summed E-state index contributed by atoms with van der Waals surface area (Å²) in [4.78, 5) is 12.4. The summed E-state index contributed by atoms with van der Waals surface area (Å²) in [6.07, 6.45) is 0.419. The second kappa shape index (κ2) is 7.13. The molecule has 140 valence electrons. The van der Waals surface area contributed by atoms with E-state index in [0.29, 0.717) is 12.0 Å². The van der Waals surface area contributed by atoms with Crippen LogP contribution in [0.5, 0.6) is 0 Å². The van der Waals surface area contributed by atoms with Crippen molar-refractivity contribution in [2.45, 2.75) is 32.1 Å². The Hall–Kier alpha value is -2.70. The lowest BCUT2D eigenvalue weighted by atomic mass is 10.1. The van der Waals surface area contributed by atoms with E-state index >= 15 is 0 Å². The molecule has 2 aromatic carbocycles. The molecule has 0 bridgehead atoms. The van der Waals surface area contributed by atoms with Crippen LogP contribution >= 0.6 is 0 Å². The number of ketones is 1. The van der Waals surface area contributed by atoms with E-state index in [0.717, 1.165) is 28.2 Å². The standard InChI is InChI=1S/C21H22N2O3S/c1-4-21(24)19-13-20(16-7-5-14(2)6-8-16)23(15(19)3)17-9-11-18(12-10-17)27(22,25)26/h5-13H,4H2,1-3H3,(H2,22,25,26). The van der Waals surface area contributed by atoms with Crippen LogP contribution < -0.4 is 5.14 Å². The fourth-order valence-electron chi connectivity index (χ4n) is 3.13. The minimum atomic E-state index is -3.75. The van der Waals surface area contributed by atoms with Crippen LogP contribution in [0.1, 0.15) is 35.0 Å². The summed E-state index contributed by atoms with van der Waals surface area (Å²) >= 11 is 0. The monoisotopic (exact) mass is 382 g/mol. The first-order chi connectivity index (χ1) is 12.7. The van der Waals surface area contributed by atoms with Crippen LogP contribution in [0.25, 0.3) is 16.9 Å². The Morgan fingerprint density at radius 1 is 1.00 bits per heavy atom. The Balaban J connectivity index is 2.22. The molecule has 0 saturated heterocycles. The molecule has 3 aromatic rings. The smallest absolute Gasteiger partial charge is 0.238 e. The van der Waals surface area contributed by atoms with E-state index < -0.39 is 10.0 Å². The Morgan fingerprint density at radius 3 is 2.11 bits per heavy atom. The summed E-state index contributed by atoms with van der Waals surface area (Å²) in [5.74, 6) is 0.0702. The fourth-order valence-corrected chi connectivity index (χ4v) is 3.65. The maximum atomic E-state index is 12.4. The average Bonchev–Trinajstić information content (AvgIpc) is 2.98. The average molecular weight is 382 g/mol. The molecule has 3 rings (SSSR count). The summed E-state index contributed by atoms with van der Waals surface area (Å²) in [6, 6.07) is 16.3. The molecular weight excluding hydrogens is 360 g/mol. The number of carbonyl (C=O) groups is 1. The van der Waals surface area contributed by atoms with E-state index in [1.165, 1.54) is 12.1 Å². The highest BCUT2D eigenvalue weighted by molar-refractivity contribution is 7.89. The van der Waals surface area contributed by atoms with Crippen molar-refractivity contribution in [3.8, 4) is 16.9 Å². The summed E-state index contributed by atoms with van der Waals surface area (Å²) < 4.78 is 25.0. The SMILES string of the molecule is CCC(=O)c1cc(-c2ccc(C)cc2)n(-c2ccc(S(N)(=O)=O)cc2)c1C. The highest BCUT2D eigenvalue weighted by Crippen LogP contribution is 2.30. The van der Waals surface area contributed by atoms with Crippen LogP contribution in [0.2, 0.25) is 0 Å². The van der Waals surface area contributed by atoms with Gasteiger partial charge in [-0.25, -0.2) is 13.6 Å². The number of hydrogen-bond donors (Lipinski definition) is 1. The molecule has 1 aromatic heterocycles. The highest BCUT2D eigenvalue weighted by atomic mass is 32.2. The van der Waals surface area contributed by atoms with Crippen LogP contribution in [0.3, 0.4) is 0 Å². The van der Waals surface area contributed by atoms with Gasteiger partial charge in [-0.05, 0) is 49.7 Å². The maximum absolute atomic E-state index is 12.4. The quantitative estimate of drug-likeness (QED) is 0.677. The van der Waals surface area contributed by atoms with Crippen LogP contribution in [0.4, 0.5) is 0 Å². The molecule has 2 N–H and O–H groups in total. The van der Waals surface area contributed by atoms with Gasteiger partial charge in [-0.1, -0.05) is 36.8 Å². The van der Waals surface area contributed by atoms with Crippen LogP contribution in [-0.2, 0) is 10.0 Å². The van der Waals surface area contributed by atoms with Crippen molar-refractivity contribution in [1.29, 1.82) is 0 Å². The number of carbonyl (C=O) groups excluding carboxylic acids is 1. The van der Waals surface area contributed by atoms with Crippen molar-refractivity contribution in [3.63, 3.8) is 0 Å². The molecule has 0 unspecified atom stereocenters. The summed E-state index contributed by atoms with van der Waals surface area (Å²) in [5, 5.41) is 5.19. The maximum Gasteiger partial charge on any atom is 0.238 e. The van der Waals surface area contributed by atoms with Gasteiger partial charge in [0.1, 0.15) is 0 Å². The number of rotatable bonds is 5. The van der Waals surface area contributed by atoms with Crippen molar-refractivity contribution < 1.29 is 13.2 Å². The molecule has 0 aliphatic rings. The fraction of sp³-hybridized carbons (Fsp3) is 0.190. The number of hydrogen-bond acceptors (Lipinski definition) is 3. The number of aromatic nitrogens is 1. The molecule has 0 aliphatic carbocycles. The van der Waals surface area contributed by atoms with Crippen molar-refractivity contribution >= 4 is 15.8 Å². The largest absolute Gasteiger partial charge is 0.313 e. The first-order valence-electron chi connectivity index (χ1n) is 8.68. The van der Waals surface area contributed by atoms with Gasteiger partial charge in [-0.3, -0.25) is 4.79 Å². The predicted molar refractivity (Wildman–Crippen MR) is 107 cm³/mol. The zero-order chi connectivity index (χ0) is 19.8. The molecule has 0 aliphatic heterocycles. The number of nitrogens with zero attached hydrogens (tertiary/aromatic N) is 1. The second-order valence-corrected chi connectivity index (χ2v) is 8.11.